The standard InChI is InChI=1S/C5H11N3OS/c1-4(2)6-5(10)8(3)7-9/h4H,1-3H3,(H,6,10). The molecule has 0 amide bonds. The number of hydrogen-bond donors (Lipinski definition) is 1. The van der Waals surface area contributed by atoms with Gasteiger partial charge in [-0.1, -0.05) is 0 Å². The normalized spacial score (nSPS) is 9.20. The molecular formula is C5H11N3OS. The minimum absolute atomic E-state index is 0.233. The molecule has 0 rings (SSSR count). The fourth-order valence-electron chi connectivity index (χ4n) is 0.377. The van der Waals surface area contributed by atoms with Crippen molar-refractivity contribution >= 4 is 17.3 Å². The van der Waals surface area contributed by atoms with Crippen LogP contribution in [0.25, 0.3) is 0 Å². The molecule has 0 spiro atoms. The van der Waals surface area contributed by atoms with Crippen LogP contribution in [0.5, 0.6) is 0 Å². The number of hydrogen-bond acceptors (Lipinski definition) is 3. The Morgan fingerprint density at radius 1 is 1.70 bits per heavy atom. The van der Waals surface area contributed by atoms with E-state index in [1.165, 1.54) is 7.05 Å². The lowest BCUT2D eigenvalue weighted by Gasteiger charge is -2.14. The van der Waals surface area contributed by atoms with Crippen LogP contribution in [-0.2, 0) is 0 Å². The molecule has 0 radical (unpaired) electrons. The summed E-state index contributed by atoms with van der Waals surface area (Å²) < 4.78 is 0. The summed E-state index contributed by atoms with van der Waals surface area (Å²) in [7, 11) is 1.50. The van der Waals surface area contributed by atoms with Gasteiger partial charge in [0.2, 0.25) is 0 Å². The van der Waals surface area contributed by atoms with Crippen molar-refractivity contribution in [2.24, 2.45) is 5.29 Å². The highest BCUT2D eigenvalue weighted by molar-refractivity contribution is 7.80. The van der Waals surface area contributed by atoms with Crippen LogP contribution in [0.4, 0.5) is 0 Å². The summed E-state index contributed by atoms with van der Waals surface area (Å²) in [6.45, 7) is 3.87. The molecule has 0 aromatic carbocycles. The molecule has 0 saturated heterocycles. The molecule has 0 aliphatic rings. The highest BCUT2D eigenvalue weighted by Gasteiger charge is 2.02. The Morgan fingerprint density at radius 3 is 2.50 bits per heavy atom. The Morgan fingerprint density at radius 2 is 2.20 bits per heavy atom. The zero-order valence-electron chi connectivity index (χ0n) is 6.29. The van der Waals surface area contributed by atoms with Crippen molar-refractivity contribution in [2.45, 2.75) is 19.9 Å². The minimum Gasteiger partial charge on any atom is -0.359 e. The highest BCUT2D eigenvalue weighted by atomic mass is 32.1. The molecular weight excluding hydrogens is 150 g/mol. The van der Waals surface area contributed by atoms with Crippen LogP contribution in [0.15, 0.2) is 5.29 Å². The van der Waals surface area contributed by atoms with Crippen molar-refractivity contribution in [3.63, 3.8) is 0 Å². The molecule has 0 fully saturated rings. The van der Waals surface area contributed by atoms with Crippen molar-refractivity contribution in [1.29, 1.82) is 0 Å². The number of thiocarbonyl (C=S) groups is 1. The van der Waals surface area contributed by atoms with E-state index < -0.39 is 0 Å². The van der Waals surface area contributed by atoms with E-state index in [9.17, 15) is 4.91 Å². The first kappa shape index (κ1) is 9.29. The maximum atomic E-state index is 9.88. The Bertz CT molecular complexity index is 137. The van der Waals surface area contributed by atoms with E-state index in [1.807, 2.05) is 13.8 Å². The summed E-state index contributed by atoms with van der Waals surface area (Å²) in [5.41, 5.74) is 0. The van der Waals surface area contributed by atoms with Gasteiger partial charge in [0.05, 0.1) is 5.29 Å². The van der Waals surface area contributed by atoms with Gasteiger partial charge >= 0.3 is 0 Å². The van der Waals surface area contributed by atoms with Gasteiger partial charge < -0.3 is 5.32 Å². The van der Waals surface area contributed by atoms with E-state index in [2.05, 4.69) is 10.6 Å². The summed E-state index contributed by atoms with van der Waals surface area (Å²) in [5, 5.41) is 6.91. The van der Waals surface area contributed by atoms with Gasteiger partial charge in [0.25, 0.3) is 0 Å². The zero-order valence-corrected chi connectivity index (χ0v) is 7.10. The Kier molecular flexibility index (Phi) is 3.87. The molecule has 0 atom stereocenters. The van der Waals surface area contributed by atoms with Crippen LogP contribution < -0.4 is 5.32 Å². The maximum absolute atomic E-state index is 9.88. The highest BCUT2D eigenvalue weighted by Crippen LogP contribution is 1.86. The molecule has 0 bridgehead atoms. The van der Waals surface area contributed by atoms with Gasteiger partial charge in [-0.3, -0.25) is 0 Å². The fraction of sp³-hybridized carbons (Fsp3) is 0.800. The number of rotatable bonds is 2. The second-order valence-corrected chi connectivity index (χ2v) is 2.60. The van der Waals surface area contributed by atoms with Gasteiger partial charge in [-0.25, -0.2) is 5.01 Å². The predicted molar refractivity (Wildman–Crippen MR) is 44.4 cm³/mol. The van der Waals surface area contributed by atoms with Crippen LogP contribution >= 0.6 is 12.2 Å². The first-order valence-electron chi connectivity index (χ1n) is 2.95. The third-order valence-corrected chi connectivity index (χ3v) is 1.21. The van der Waals surface area contributed by atoms with Gasteiger partial charge in [-0.2, -0.15) is 0 Å². The molecule has 0 aliphatic heterocycles. The molecule has 0 aliphatic carbocycles. The molecule has 58 valence electrons. The van der Waals surface area contributed by atoms with E-state index in [0.29, 0.717) is 5.11 Å². The summed E-state index contributed by atoms with van der Waals surface area (Å²) in [5.74, 6) is 0. The topological polar surface area (TPSA) is 44.7 Å². The minimum atomic E-state index is 0.233. The number of nitroso groups, excluding NO2 is 1. The largest absolute Gasteiger partial charge is 0.359 e. The summed E-state index contributed by atoms with van der Waals surface area (Å²) in [6, 6.07) is 0.233. The molecule has 0 saturated carbocycles. The van der Waals surface area contributed by atoms with Crippen LogP contribution in [0.1, 0.15) is 13.8 Å². The van der Waals surface area contributed by atoms with Gasteiger partial charge in [0.1, 0.15) is 0 Å². The summed E-state index contributed by atoms with van der Waals surface area (Å²) in [4.78, 5) is 9.88. The molecule has 0 unspecified atom stereocenters. The average molecular weight is 161 g/mol. The first-order valence-corrected chi connectivity index (χ1v) is 3.36. The SMILES string of the molecule is CC(C)NC(=S)N(C)N=O. The predicted octanol–water partition coefficient (Wildman–Crippen LogP) is 0.882. The molecule has 0 aromatic heterocycles. The average Bonchev–Trinajstić information content (AvgIpc) is 1.85. The van der Waals surface area contributed by atoms with Crippen LogP contribution in [-0.4, -0.2) is 23.2 Å². The lowest BCUT2D eigenvalue weighted by molar-refractivity contribution is 0.511. The molecule has 5 heteroatoms. The fourth-order valence-corrected chi connectivity index (χ4v) is 0.646. The van der Waals surface area contributed by atoms with Gasteiger partial charge in [-0.05, 0) is 26.1 Å². The van der Waals surface area contributed by atoms with Gasteiger partial charge in [0, 0.05) is 13.1 Å². The number of nitrogens with one attached hydrogen (secondary N) is 1. The molecule has 0 heterocycles. The molecule has 10 heavy (non-hydrogen) atoms. The lowest BCUT2D eigenvalue weighted by Crippen LogP contribution is -2.37. The third-order valence-electron chi connectivity index (χ3n) is 0.829. The van der Waals surface area contributed by atoms with Crippen molar-refractivity contribution in [2.75, 3.05) is 7.05 Å². The second kappa shape index (κ2) is 4.16. The number of nitrogens with zero attached hydrogens (tertiary/aromatic N) is 2. The van der Waals surface area contributed by atoms with Crippen molar-refractivity contribution in [1.82, 2.24) is 10.3 Å². The first-order chi connectivity index (χ1) is 4.57. The second-order valence-electron chi connectivity index (χ2n) is 2.21. The van der Waals surface area contributed by atoms with E-state index in [1.54, 1.807) is 0 Å². The van der Waals surface area contributed by atoms with Crippen molar-refractivity contribution < 1.29 is 0 Å². The maximum Gasteiger partial charge on any atom is 0.192 e. The van der Waals surface area contributed by atoms with E-state index in [4.69, 9.17) is 12.2 Å². The molecule has 4 nitrogen and oxygen atoms in total. The smallest absolute Gasteiger partial charge is 0.192 e. The van der Waals surface area contributed by atoms with Crippen molar-refractivity contribution in [3.05, 3.63) is 4.91 Å². The Hall–Kier alpha value is -0.710. The van der Waals surface area contributed by atoms with Gasteiger partial charge in [0.15, 0.2) is 5.11 Å². The van der Waals surface area contributed by atoms with Crippen LogP contribution in [0, 0.1) is 4.91 Å². The van der Waals surface area contributed by atoms with E-state index in [0.717, 1.165) is 5.01 Å². The monoisotopic (exact) mass is 161 g/mol. The quantitative estimate of drug-likeness (QED) is 0.371. The van der Waals surface area contributed by atoms with E-state index >= 15 is 0 Å². The van der Waals surface area contributed by atoms with Crippen LogP contribution in [0.3, 0.4) is 0 Å². The van der Waals surface area contributed by atoms with E-state index in [-0.39, 0.29) is 6.04 Å². The third kappa shape index (κ3) is 3.34. The summed E-state index contributed by atoms with van der Waals surface area (Å²) >= 11 is 4.77. The molecule has 0 aromatic rings. The summed E-state index contributed by atoms with van der Waals surface area (Å²) in [6.07, 6.45) is 0. The Labute approximate surface area is 65.5 Å². The molecule has 1 N–H and O–H groups in total. The van der Waals surface area contributed by atoms with Crippen molar-refractivity contribution in [3.8, 4) is 0 Å². The van der Waals surface area contributed by atoms with Gasteiger partial charge in [-0.15, -0.1) is 4.91 Å². The van der Waals surface area contributed by atoms with Crippen LogP contribution in [0.2, 0.25) is 0 Å². The lowest BCUT2D eigenvalue weighted by atomic mass is 10.4. The Balaban J connectivity index is 3.73. The zero-order chi connectivity index (χ0) is 8.15.